The number of aryl methyl sites for hydroxylation is 1. The predicted octanol–water partition coefficient (Wildman–Crippen LogP) is 3.48. The maximum absolute atomic E-state index is 13.2. The van der Waals surface area contributed by atoms with Gasteiger partial charge in [-0.15, -0.1) is 0 Å². The molecular weight excluding hydrogens is 417 g/mol. The standard InChI is InChI=1S/C23H22FN3O3S/c1-18-6-5-7-20(14-18)15-25-26-23(28)17-27(16-19-10-12-21(24)13-11-19)31(29,30)22-8-3-2-4-9-22/h2-15H,16-17H2,1H3,(H,26,28)/b25-15-. The van der Waals surface area contributed by atoms with Crippen LogP contribution in [-0.2, 0) is 21.4 Å². The van der Waals surface area contributed by atoms with E-state index in [1.165, 1.54) is 42.6 Å². The summed E-state index contributed by atoms with van der Waals surface area (Å²) in [6.07, 6.45) is 1.49. The molecule has 0 radical (unpaired) electrons. The topological polar surface area (TPSA) is 78.8 Å². The first-order chi connectivity index (χ1) is 14.8. The number of carbonyl (C=O) groups excluding carboxylic acids is 1. The molecule has 31 heavy (non-hydrogen) atoms. The Hall–Kier alpha value is -3.36. The fourth-order valence-corrected chi connectivity index (χ4v) is 4.29. The zero-order valence-corrected chi connectivity index (χ0v) is 17.7. The first kappa shape index (κ1) is 22.3. The lowest BCUT2D eigenvalue weighted by Gasteiger charge is -2.21. The van der Waals surface area contributed by atoms with Crippen LogP contribution in [0.5, 0.6) is 0 Å². The van der Waals surface area contributed by atoms with Gasteiger partial charge in [0.15, 0.2) is 0 Å². The lowest BCUT2D eigenvalue weighted by atomic mass is 10.2. The number of sulfonamides is 1. The van der Waals surface area contributed by atoms with Crippen molar-refractivity contribution in [2.75, 3.05) is 6.54 Å². The summed E-state index contributed by atoms with van der Waals surface area (Å²) in [5.74, 6) is -1.02. The third kappa shape index (κ3) is 6.31. The van der Waals surface area contributed by atoms with E-state index in [9.17, 15) is 17.6 Å². The van der Waals surface area contributed by atoms with Crippen LogP contribution < -0.4 is 5.43 Å². The van der Waals surface area contributed by atoms with Gasteiger partial charge in [0, 0.05) is 6.54 Å². The normalized spacial score (nSPS) is 11.7. The summed E-state index contributed by atoms with van der Waals surface area (Å²) >= 11 is 0. The molecular formula is C23H22FN3O3S. The van der Waals surface area contributed by atoms with Crippen LogP contribution >= 0.6 is 0 Å². The van der Waals surface area contributed by atoms with Gasteiger partial charge in [0.05, 0.1) is 17.7 Å². The fraction of sp³-hybridized carbons (Fsp3) is 0.130. The van der Waals surface area contributed by atoms with Gasteiger partial charge in [0.1, 0.15) is 5.82 Å². The van der Waals surface area contributed by atoms with Gasteiger partial charge in [-0.25, -0.2) is 18.2 Å². The number of hydrazone groups is 1. The molecule has 0 aromatic heterocycles. The van der Waals surface area contributed by atoms with Gasteiger partial charge in [-0.2, -0.15) is 9.41 Å². The molecule has 0 saturated heterocycles. The van der Waals surface area contributed by atoms with E-state index in [1.807, 2.05) is 31.2 Å². The second-order valence-electron chi connectivity index (χ2n) is 6.92. The van der Waals surface area contributed by atoms with Gasteiger partial charge in [0.25, 0.3) is 5.91 Å². The second kappa shape index (κ2) is 10.1. The van der Waals surface area contributed by atoms with Crippen molar-refractivity contribution in [2.45, 2.75) is 18.4 Å². The van der Waals surface area contributed by atoms with Crippen LogP contribution in [0.1, 0.15) is 16.7 Å². The van der Waals surface area contributed by atoms with Gasteiger partial charge in [-0.05, 0) is 42.3 Å². The van der Waals surface area contributed by atoms with E-state index in [1.54, 1.807) is 18.2 Å². The smallest absolute Gasteiger partial charge is 0.255 e. The second-order valence-corrected chi connectivity index (χ2v) is 8.86. The molecule has 0 spiro atoms. The minimum atomic E-state index is -3.96. The summed E-state index contributed by atoms with van der Waals surface area (Å²) < 4.78 is 40.5. The third-order valence-corrected chi connectivity index (χ3v) is 6.22. The highest BCUT2D eigenvalue weighted by Gasteiger charge is 2.26. The van der Waals surface area contributed by atoms with Crippen LogP contribution in [0.4, 0.5) is 4.39 Å². The quantitative estimate of drug-likeness (QED) is 0.431. The van der Waals surface area contributed by atoms with Crippen molar-refractivity contribution >= 4 is 22.1 Å². The van der Waals surface area contributed by atoms with Gasteiger partial charge in [0.2, 0.25) is 10.0 Å². The van der Waals surface area contributed by atoms with Crippen molar-refractivity contribution in [3.63, 3.8) is 0 Å². The Morgan fingerprint density at radius 1 is 1.03 bits per heavy atom. The van der Waals surface area contributed by atoms with Gasteiger partial charge >= 0.3 is 0 Å². The Labute approximate surface area is 181 Å². The highest BCUT2D eigenvalue weighted by molar-refractivity contribution is 7.89. The summed E-state index contributed by atoms with van der Waals surface area (Å²) in [6.45, 7) is 1.41. The molecule has 1 N–H and O–H groups in total. The summed E-state index contributed by atoms with van der Waals surface area (Å²) in [5.41, 5.74) is 4.77. The molecule has 6 nitrogen and oxygen atoms in total. The van der Waals surface area contributed by atoms with E-state index in [0.717, 1.165) is 15.4 Å². The average molecular weight is 440 g/mol. The lowest BCUT2D eigenvalue weighted by Crippen LogP contribution is -2.39. The molecule has 0 unspecified atom stereocenters. The Bertz CT molecular complexity index is 1160. The number of hydrogen-bond donors (Lipinski definition) is 1. The van der Waals surface area contributed by atoms with Gasteiger partial charge in [-0.3, -0.25) is 4.79 Å². The molecule has 0 fully saturated rings. The zero-order valence-electron chi connectivity index (χ0n) is 16.9. The van der Waals surface area contributed by atoms with Crippen molar-refractivity contribution < 1.29 is 17.6 Å². The first-order valence-electron chi connectivity index (χ1n) is 9.53. The molecule has 3 rings (SSSR count). The molecule has 160 valence electrons. The molecule has 0 saturated carbocycles. The molecule has 0 atom stereocenters. The number of halogens is 1. The van der Waals surface area contributed by atoms with Crippen molar-refractivity contribution in [1.82, 2.24) is 9.73 Å². The van der Waals surface area contributed by atoms with E-state index >= 15 is 0 Å². The minimum Gasteiger partial charge on any atom is -0.272 e. The summed E-state index contributed by atoms with van der Waals surface area (Å²) in [6, 6.07) is 20.8. The van der Waals surface area contributed by atoms with Crippen molar-refractivity contribution in [1.29, 1.82) is 0 Å². The van der Waals surface area contributed by atoms with E-state index < -0.39 is 28.3 Å². The molecule has 0 aliphatic rings. The number of carbonyl (C=O) groups is 1. The van der Waals surface area contributed by atoms with E-state index in [4.69, 9.17) is 0 Å². The maximum atomic E-state index is 13.2. The Morgan fingerprint density at radius 3 is 2.42 bits per heavy atom. The van der Waals surface area contributed by atoms with Crippen LogP contribution in [0.15, 0.2) is 88.9 Å². The molecule has 0 bridgehead atoms. The molecule has 0 heterocycles. The van der Waals surface area contributed by atoms with Crippen LogP contribution in [0.3, 0.4) is 0 Å². The van der Waals surface area contributed by atoms with Crippen molar-refractivity contribution in [2.24, 2.45) is 5.10 Å². The zero-order chi connectivity index (χ0) is 22.3. The van der Waals surface area contributed by atoms with Gasteiger partial charge in [-0.1, -0.05) is 60.2 Å². The summed E-state index contributed by atoms with van der Waals surface area (Å²) in [4.78, 5) is 12.5. The Kier molecular flexibility index (Phi) is 7.28. The largest absolute Gasteiger partial charge is 0.272 e. The maximum Gasteiger partial charge on any atom is 0.255 e. The molecule has 3 aromatic rings. The Morgan fingerprint density at radius 2 is 1.74 bits per heavy atom. The molecule has 1 amide bonds. The third-order valence-electron chi connectivity index (χ3n) is 4.42. The number of amides is 1. The van der Waals surface area contributed by atoms with Crippen molar-refractivity contribution in [3.8, 4) is 0 Å². The summed E-state index contributed by atoms with van der Waals surface area (Å²) in [5, 5.41) is 3.91. The first-order valence-corrected chi connectivity index (χ1v) is 11.0. The molecule has 8 heteroatoms. The highest BCUT2D eigenvalue weighted by Crippen LogP contribution is 2.18. The molecule has 0 aliphatic heterocycles. The van der Waals surface area contributed by atoms with Crippen LogP contribution in [-0.4, -0.2) is 31.4 Å². The SMILES string of the molecule is Cc1cccc(/C=N\NC(=O)CN(Cc2ccc(F)cc2)S(=O)(=O)c2ccccc2)c1. The monoisotopic (exact) mass is 439 g/mol. The van der Waals surface area contributed by atoms with E-state index in [-0.39, 0.29) is 11.4 Å². The van der Waals surface area contributed by atoms with Crippen LogP contribution in [0, 0.1) is 12.7 Å². The summed E-state index contributed by atoms with van der Waals surface area (Å²) in [7, 11) is -3.96. The molecule has 3 aromatic carbocycles. The number of benzene rings is 3. The number of rotatable bonds is 8. The van der Waals surface area contributed by atoms with E-state index in [0.29, 0.717) is 5.56 Å². The van der Waals surface area contributed by atoms with Crippen LogP contribution in [0.2, 0.25) is 0 Å². The van der Waals surface area contributed by atoms with Gasteiger partial charge < -0.3 is 0 Å². The number of nitrogens with one attached hydrogen (secondary N) is 1. The minimum absolute atomic E-state index is 0.0631. The lowest BCUT2D eigenvalue weighted by molar-refractivity contribution is -0.121. The number of nitrogens with zero attached hydrogens (tertiary/aromatic N) is 2. The Balaban J connectivity index is 1.77. The highest BCUT2D eigenvalue weighted by atomic mass is 32.2. The molecule has 0 aliphatic carbocycles. The predicted molar refractivity (Wildman–Crippen MR) is 117 cm³/mol. The fourth-order valence-electron chi connectivity index (χ4n) is 2.89. The number of hydrogen-bond acceptors (Lipinski definition) is 4. The van der Waals surface area contributed by atoms with Crippen molar-refractivity contribution in [3.05, 3.63) is 101 Å². The van der Waals surface area contributed by atoms with E-state index in [2.05, 4.69) is 10.5 Å². The average Bonchev–Trinajstić information content (AvgIpc) is 2.75. The van der Waals surface area contributed by atoms with Crippen LogP contribution in [0.25, 0.3) is 0 Å².